The van der Waals surface area contributed by atoms with Crippen molar-refractivity contribution in [3.63, 3.8) is 0 Å². The van der Waals surface area contributed by atoms with Gasteiger partial charge < -0.3 is 9.47 Å². The molecule has 0 N–H and O–H groups in total. The molecule has 0 aliphatic rings. The summed E-state index contributed by atoms with van der Waals surface area (Å²) in [4.78, 5) is 22.8. The number of aryl methyl sites for hydroxylation is 1. The van der Waals surface area contributed by atoms with E-state index in [-0.39, 0.29) is 22.6 Å². The van der Waals surface area contributed by atoms with E-state index in [1.807, 2.05) is 0 Å². The van der Waals surface area contributed by atoms with Crippen molar-refractivity contribution in [1.82, 2.24) is 9.78 Å². The van der Waals surface area contributed by atoms with E-state index in [9.17, 15) is 32.5 Å². The van der Waals surface area contributed by atoms with Crippen molar-refractivity contribution in [1.29, 1.82) is 0 Å². The molecule has 0 unspecified atom stereocenters. The lowest BCUT2D eigenvalue weighted by atomic mass is 10.1. The van der Waals surface area contributed by atoms with Crippen LogP contribution in [-0.2, 0) is 6.54 Å². The number of aromatic nitrogens is 2. The maximum absolute atomic E-state index is 12.6. The van der Waals surface area contributed by atoms with E-state index in [4.69, 9.17) is 0 Å². The molecule has 0 spiro atoms. The van der Waals surface area contributed by atoms with Gasteiger partial charge in [0.25, 0.3) is 0 Å². The number of hydrogen-bond donors (Lipinski definition) is 0. The third kappa shape index (κ3) is 4.71. The zero-order valence-electron chi connectivity index (χ0n) is 14.0. The lowest BCUT2D eigenvalue weighted by molar-refractivity contribution is -0.386. The van der Waals surface area contributed by atoms with Gasteiger partial charge in [0.2, 0.25) is 0 Å². The highest BCUT2D eigenvalue weighted by atomic mass is 19.3. The Labute approximate surface area is 149 Å². The minimum absolute atomic E-state index is 0.0787. The van der Waals surface area contributed by atoms with Gasteiger partial charge in [0.1, 0.15) is 29.4 Å². The molecule has 146 valence electrons. The molecule has 2 rings (SSSR count). The van der Waals surface area contributed by atoms with Crippen LogP contribution in [0.3, 0.4) is 0 Å². The van der Waals surface area contributed by atoms with E-state index in [1.54, 1.807) is 0 Å². The molecule has 1 heterocycles. The molecule has 0 bridgehead atoms. The number of ether oxygens (including phenoxy) is 2. The van der Waals surface area contributed by atoms with Crippen LogP contribution >= 0.6 is 0 Å². The Balaban J connectivity index is 2.35. The smallest absolute Gasteiger partial charge is 0.387 e. The van der Waals surface area contributed by atoms with Crippen LogP contribution in [0.25, 0.3) is 0 Å². The summed E-state index contributed by atoms with van der Waals surface area (Å²) in [5.41, 5.74) is -0.436. The fourth-order valence-electron chi connectivity index (χ4n) is 2.43. The maximum atomic E-state index is 12.6. The van der Waals surface area contributed by atoms with Crippen LogP contribution < -0.4 is 9.47 Å². The Morgan fingerprint density at radius 2 is 1.85 bits per heavy atom. The highest BCUT2D eigenvalue weighted by Crippen LogP contribution is 2.29. The Hall–Kier alpha value is -3.18. The molecule has 12 heteroatoms. The first-order chi connectivity index (χ1) is 12.6. The van der Waals surface area contributed by atoms with E-state index in [2.05, 4.69) is 14.6 Å². The van der Waals surface area contributed by atoms with Gasteiger partial charge in [-0.1, -0.05) is 0 Å². The molecule has 27 heavy (non-hydrogen) atoms. The second kappa shape index (κ2) is 8.01. The molecule has 0 atom stereocenters. The summed E-state index contributed by atoms with van der Waals surface area (Å²) in [6.07, 6.45) is 0. The summed E-state index contributed by atoms with van der Waals surface area (Å²) < 4.78 is 59.0. The van der Waals surface area contributed by atoms with Gasteiger partial charge in [-0.15, -0.1) is 0 Å². The summed E-state index contributed by atoms with van der Waals surface area (Å²) in [5.74, 6) is -1.90. The number of ketones is 1. The number of carbonyl (C=O) groups is 1. The number of Topliss-reactive ketones (excluding diaryl/α,β-unsaturated/α-hetero) is 1. The average Bonchev–Trinajstić information content (AvgIpc) is 2.80. The lowest BCUT2D eigenvalue weighted by Gasteiger charge is -2.12. The second-order valence-corrected chi connectivity index (χ2v) is 5.27. The zero-order valence-corrected chi connectivity index (χ0v) is 14.0. The normalized spacial score (nSPS) is 11.1. The molecule has 0 aliphatic heterocycles. The predicted molar refractivity (Wildman–Crippen MR) is 82.4 cm³/mol. The Morgan fingerprint density at radius 3 is 2.37 bits per heavy atom. The van der Waals surface area contributed by atoms with Gasteiger partial charge in [0.05, 0.1) is 10.5 Å². The minimum Gasteiger partial charge on any atom is -0.435 e. The average molecular weight is 391 g/mol. The number of rotatable bonds is 8. The Kier molecular flexibility index (Phi) is 5.98. The zero-order chi connectivity index (χ0) is 20.3. The molecule has 0 saturated heterocycles. The van der Waals surface area contributed by atoms with Crippen molar-refractivity contribution in [2.75, 3.05) is 0 Å². The first kappa shape index (κ1) is 20.1. The number of nitrogens with zero attached hydrogens (tertiary/aromatic N) is 3. The van der Waals surface area contributed by atoms with E-state index < -0.39 is 42.0 Å². The molecule has 0 amide bonds. The Morgan fingerprint density at radius 1 is 1.22 bits per heavy atom. The molecular formula is C15H13F4N3O5. The summed E-state index contributed by atoms with van der Waals surface area (Å²) in [5, 5.41) is 14.9. The molecular weight excluding hydrogens is 378 g/mol. The van der Waals surface area contributed by atoms with Crippen molar-refractivity contribution in [2.24, 2.45) is 0 Å². The van der Waals surface area contributed by atoms with E-state index in [0.29, 0.717) is 0 Å². The minimum atomic E-state index is -3.31. The third-order valence-electron chi connectivity index (χ3n) is 3.51. The van der Waals surface area contributed by atoms with E-state index in [1.165, 1.54) is 13.8 Å². The van der Waals surface area contributed by atoms with Crippen LogP contribution in [0.2, 0.25) is 0 Å². The van der Waals surface area contributed by atoms with Crippen LogP contribution in [0.1, 0.15) is 21.7 Å². The first-order valence-electron chi connectivity index (χ1n) is 7.35. The number of hydrogen-bond acceptors (Lipinski definition) is 6. The monoisotopic (exact) mass is 391 g/mol. The van der Waals surface area contributed by atoms with E-state index in [0.717, 1.165) is 22.9 Å². The van der Waals surface area contributed by atoms with Crippen LogP contribution in [0.5, 0.6) is 11.5 Å². The van der Waals surface area contributed by atoms with Crippen LogP contribution in [-0.4, -0.2) is 33.7 Å². The van der Waals surface area contributed by atoms with Crippen molar-refractivity contribution >= 4 is 11.5 Å². The number of carbonyl (C=O) groups excluding carboxylic acids is 1. The highest BCUT2D eigenvalue weighted by Gasteiger charge is 2.24. The topological polar surface area (TPSA) is 96.5 Å². The molecule has 1 aromatic carbocycles. The van der Waals surface area contributed by atoms with Gasteiger partial charge in [-0.05, 0) is 26.0 Å². The number of nitro groups is 1. The molecule has 1 aromatic heterocycles. The molecule has 0 aliphatic carbocycles. The first-order valence-corrected chi connectivity index (χ1v) is 7.35. The molecule has 8 nitrogen and oxygen atoms in total. The molecule has 2 aromatic rings. The van der Waals surface area contributed by atoms with Crippen LogP contribution in [0, 0.1) is 24.0 Å². The van der Waals surface area contributed by atoms with Gasteiger partial charge in [0.15, 0.2) is 5.78 Å². The predicted octanol–water partition coefficient (Wildman–Crippen LogP) is 3.49. The second-order valence-electron chi connectivity index (χ2n) is 5.27. The van der Waals surface area contributed by atoms with Crippen LogP contribution in [0.4, 0.5) is 23.2 Å². The SMILES string of the molecule is Cc1nn(CC(=O)c2ccc(OC(F)F)cc2OC(F)F)c(C)c1[N+](=O)[O-]. The molecule has 0 saturated carbocycles. The van der Waals surface area contributed by atoms with Gasteiger partial charge in [0, 0.05) is 6.07 Å². The van der Waals surface area contributed by atoms with Crippen molar-refractivity contribution < 1.29 is 36.8 Å². The van der Waals surface area contributed by atoms with Crippen LogP contribution in [0.15, 0.2) is 18.2 Å². The number of halogens is 4. The largest absolute Gasteiger partial charge is 0.435 e. The fourth-order valence-corrected chi connectivity index (χ4v) is 2.43. The summed E-state index contributed by atoms with van der Waals surface area (Å²) >= 11 is 0. The molecule has 0 fully saturated rings. The maximum Gasteiger partial charge on any atom is 0.387 e. The van der Waals surface area contributed by atoms with Gasteiger partial charge >= 0.3 is 18.9 Å². The summed E-state index contributed by atoms with van der Waals surface area (Å²) in [7, 11) is 0. The number of benzene rings is 1. The van der Waals surface area contributed by atoms with Crippen molar-refractivity contribution in [2.45, 2.75) is 33.6 Å². The van der Waals surface area contributed by atoms with Crippen molar-refractivity contribution in [3.05, 3.63) is 45.3 Å². The standard InChI is InChI=1S/C15H13F4N3O5/c1-7-13(22(24)25)8(2)21(20-7)6-11(23)10-4-3-9(26-14(16)17)5-12(10)27-15(18)19/h3-5,14-15H,6H2,1-2H3. The summed E-state index contributed by atoms with van der Waals surface area (Å²) in [6, 6.07) is 2.70. The Bertz CT molecular complexity index is 869. The fraction of sp³-hybridized carbons (Fsp3) is 0.333. The van der Waals surface area contributed by atoms with Crippen molar-refractivity contribution in [3.8, 4) is 11.5 Å². The van der Waals surface area contributed by atoms with Gasteiger partial charge in [-0.3, -0.25) is 19.6 Å². The third-order valence-corrected chi connectivity index (χ3v) is 3.51. The highest BCUT2D eigenvalue weighted by molar-refractivity contribution is 5.98. The van der Waals surface area contributed by atoms with Gasteiger partial charge in [-0.2, -0.15) is 22.7 Å². The quantitative estimate of drug-likeness (QED) is 0.296. The lowest BCUT2D eigenvalue weighted by Crippen LogP contribution is -2.16. The molecule has 0 radical (unpaired) electrons. The van der Waals surface area contributed by atoms with E-state index >= 15 is 0 Å². The van der Waals surface area contributed by atoms with Gasteiger partial charge in [-0.25, -0.2) is 0 Å². The summed E-state index contributed by atoms with van der Waals surface area (Å²) in [6.45, 7) is -4.25. The number of alkyl halides is 4.